The number of anilines is 2. The van der Waals surface area contributed by atoms with Crippen molar-refractivity contribution in [1.29, 1.82) is 0 Å². The van der Waals surface area contributed by atoms with Crippen molar-refractivity contribution in [2.45, 2.75) is 33.7 Å². The molecule has 102 valence electrons. The zero-order valence-corrected chi connectivity index (χ0v) is 11.7. The molecule has 0 aliphatic rings. The van der Waals surface area contributed by atoms with Crippen molar-refractivity contribution in [1.82, 2.24) is 15.5 Å². The number of benzene rings is 1. The number of nitrogens with one attached hydrogen (secondary N) is 2. The van der Waals surface area contributed by atoms with Gasteiger partial charge in [-0.2, -0.15) is 0 Å². The van der Waals surface area contributed by atoms with Crippen LogP contribution in [0.2, 0.25) is 0 Å². The van der Waals surface area contributed by atoms with Gasteiger partial charge in [0, 0.05) is 5.69 Å². The van der Waals surface area contributed by atoms with Crippen LogP contribution in [-0.2, 0) is 6.54 Å². The average Bonchev–Trinajstić information content (AvgIpc) is 2.83. The van der Waals surface area contributed by atoms with Crippen LogP contribution in [0.3, 0.4) is 0 Å². The molecular formula is C14H20N4O. The summed E-state index contributed by atoms with van der Waals surface area (Å²) in [5, 5.41) is 14.4. The van der Waals surface area contributed by atoms with Crippen LogP contribution in [0.4, 0.5) is 11.7 Å². The summed E-state index contributed by atoms with van der Waals surface area (Å²) in [5.41, 5.74) is 3.41. The summed E-state index contributed by atoms with van der Waals surface area (Å²) >= 11 is 0. The van der Waals surface area contributed by atoms with Gasteiger partial charge in [-0.05, 0) is 44.0 Å². The van der Waals surface area contributed by atoms with Crippen LogP contribution in [0, 0.1) is 13.8 Å². The number of aromatic nitrogens is 2. The van der Waals surface area contributed by atoms with E-state index in [1.54, 1.807) is 0 Å². The first-order valence-corrected chi connectivity index (χ1v) is 6.57. The van der Waals surface area contributed by atoms with Gasteiger partial charge in [0.25, 0.3) is 0 Å². The van der Waals surface area contributed by atoms with Gasteiger partial charge in [-0.3, -0.25) is 0 Å². The average molecular weight is 260 g/mol. The predicted molar refractivity (Wildman–Crippen MR) is 75.5 cm³/mol. The zero-order chi connectivity index (χ0) is 13.7. The van der Waals surface area contributed by atoms with Crippen molar-refractivity contribution < 1.29 is 4.42 Å². The molecule has 0 unspecified atom stereocenters. The molecule has 19 heavy (non-hydrogen) atoms. The Kier molecular flexibility index (Phi) is 4.52. The first kappa shape index (κ1) is 13.5. The number of nitrogens with zero attached hydrogens (tertiary/aromatic N) is 2. The number of hydrogen-bond donors (Lipinski definition) is 2. The van der Waals surface area contributed by atoms with E-state index in [2.05, 4.69) is 47.7 Å². The molecule has 0 aliphatic carbocycles. The van der Waals surface area contributed by atoms with Crippen molar-refractivity contribution in [3.05, 3.63) is 35.2 Å². The predicted octanol–water partition coefficient (Wildman–Crippen LogP) is 2.93. The minimum absolute atomic E-state index is 0.432. The molecule has 0 atom stereocenters. The van der Waals surface area contributed by atoms with E-state index < -0.39 is 0 Å². The third-order valence-corrected chi connectivity index (χ3v) is 3.02. The number of hydrogen-bond acceptors (Lipinski definition) is 5. The molecule has 0 amide bonds. The van der Waals surface area contributed by atoms with Crippen LogP contribution < -0.4 is 10.6 Å². The molecule has 2 rings (SSSR count). The van der Waals surface area contributed by atoms with Gasteiger partial charge in [-0.25, -0.2) is 0 Å². The quantitative estimate of drug-likeness (QED) is 0.782. The highest BCUT2D eigenvalue weighted by Crippen LogP contribution is 2.21. The molecule has 0 saturated heterocycles. The first-order valence-electron chi connectivity index (χ1n) is 6.57. The normalized spacial score (nSPS) is 10.7. The lowest BCUT2D eigenvalue weighted by Gasteiger charge is -2.07. The van der Waals surface area contributed by atoms with Crippen molar-refractivity contribution in [2.75, 3.05) is 11.9 Å². The minimum atomic E-state index is 0.432. The van der Waals surface area contributed by atoms with Crippen LogP contribution in [-0.4, -0.2) is 16.7 Å². The van der Waals surface area contributed by atoms with Gasteiger partial charge in [-0.1, -0.05) is 24.2 Å². The summed E-state index contributed by atoms with van der Waals surface area (Å²) in [6.07, 6.45) is 1.09. The van der Waals surface area contributed by atoms with Gasteiger partial charge < -0.3 is 15.1 Å². The maximum absolute atomic E-state index is 5.53. The Bertz CT molecular complexity index is 536. The fourth-order valence-corrected chi connectivity index (χ4v) is 1.75. The molecule has 0 bridgehead atoms. The van der Waals surface area contributed by atoms with E-state index in [0.29, 0.717) is 18.5 Å². The smallest absolute Gasteiger partial charge is 0.320 e. The Balaban J connectivity index is 2.01. The van der Waals surface area contributed by atoms with E-state index >= 15 is 0 Å². The van der Waals surface area contributed by atoms with E-state index in [0.717, 1.165) is 18.7 Å². The lowest BCUT2D eigenvalue weighted by molar-refractivity contribution is 0.479. The van der Waals surface area contributed by atoms with Crippen molar-refractivity contribution >= 4 is 11.7 Å². The molecule has 2 aromatic rings. The summed E-state index contributed by atoms with van der Waals surface area (Å²) < 4.78 is 5.53. The molecule has 1 aromatic carbocycles. The Hall–Kier alpha value is -1.88. The molecule has 0 aliphatic heterocycles. The molecule has 5 heteroatoms. The molecule has 1 heterocycles. The Morgan fingerprint density at radius 2 is 2.05 bits per heavy atom. The van der Waals surface area contributed by atoms with E-state index in [1.807, 2.05) is 12.1 Å². The summed E-state index contributed by atoms with van der Waals surface area (Å²) in [6.45, 7) is 7.82. The largest absolute Gasteiger partial charge is 0.406 e. The summed E-state index contributed by atoms with van der Waals surface area (Å²) in [7, 11) is 0. The Labute approximate surface area is 113 Å². The SMILES string of the molecule is CCCNCc1nnc(Nc2cccc(C)c2C)o1. The molecule has 2 N–H and O–H groups in total. The molecule has 0 fully saturated rings. The molecule has 0 radical (unpaired) electrons. The van der Waals surface area contributed by atoms with Crippen LogP contribution in [0.5, 0.6) is 0 Å². The number of rotatable bonds is 6. The zero-order valence-electron chi connectivity index (χ0n) is 11.7. The Morgan fingerprint density at radius 1 is 1.21 bits per heavy atom. The third-order valence-electron chi connectivity index (χ3n) is 3.02. The van der Waals surface area contributed by atoms with Gasteiger partial charge in [-0.15, -0.1) is 5.10 Å². The van der Waals surface area contributed by atoms with Gasteiger partial charge in [0.1, 0.15) is 0 Å². The van der Waals surface area contributed by atoms with Crippen molar-refractivity contribution in [2.24, 2.45) is 0 Å². The van der Waals surface area contributed by atoms with Crippen molar-refractivity contribution in [3.63, 3.8) is 0 Å². The molecule has 0 spiro atoms. The molecule has 1 aromatic heterocycles. The highest BCUT2D eigenvalue weighted by atomic mass is 16.4. The van der Waals surface area contributed by atoms with E-state index in [1.165, 1.54) is 11.1 Å². The topological polar surface area (TPSA) is 63.0 Å². The maximum Gasteiger partial charge on any atom is 0.320 e. The summed E-state index contributed by atoms with van der Waals surface area (Å²) in [4.78, 5) is 0. The van der Waals surface area contributed by atoms with Crippen LogP contribution in [0.25, 0.3) is 0 Å². The lowest BCUT2D eigenvalue weighted by Crippen LogP contribution is -2.13. The highest BCUT2D eigenvalue weighted by molar-refractivity contribution is 5.59. The van der Waals surface area contributed by atoms with Gasteiger partial charge in [0.2, 0.25) is 5.89 Å². The first-order chi connectivity index (χ1) is 9.20. The van der Waals surface area contributed by atoms with Crippen LogP contribution in [0.1, 0.15) is 30.4 Å². The summed E-state index contributed by atoms with van der Waals surface area (Å²) in [6, 6.07) is 6.52. The Morgan fingerprint density at radius 3 is 2.84 bits per heavy atom. The van der Waals surface area contributed by atoms with Gasteiger partial charge in [0.15, 0.2) is 0 Å². The van der Waals surface area contributed by atoms with Crippen molar-refractivity contribution in [3.8, 4) is 0 Å². The van der Waals surface area contributed by atoms with Gasteiger partial charge >= 0.3 is 6.01 Å². The maximum atomic E-state index is 5.53. The monoisotopic (exact) mass is 260 g/mol. The minimum Gasteiger partial charge on any atom is -0.406 e. The van der Waals surface area contributed by atoms with Gasteiger partial charge in [0.05, 0.1) is 6.54 Å². The molecule has 5 nitrogen and oxygen atoms in total. The highest BCUT2D eigenvalue weighted by Gasteiger charge is 2.07. The molecular weight excluding hydrogens is 240 g/mol. The van der Waals surface area contributed by atoms with E-state index in [4.69, 9.17) is 4.42 Å². The third kappa shape index (κ3) is 3.54. The molecule has 0 saturated carbocycles. The second kappa shape index (κ2) is 6.33. The fraction of sp³-hybridized carbons (Fsp3) is 0.429. The van der Waals surface area contributed by atoms with E-state index in [9.17, 15) is 0 Å². The summed E-state index contributed by atoms with van der Waals surface area (Å²) in [5.74, 6) is 0.598. The fourth-order valence-electron chi connectivity index (χ4n) is 1.75. The lowest BCUT2D eigenvalue weighted by atomic mass is 10.1. The second-order valence-corrected chi connectivity index (χ2v) is 4.55. The number of aryl methyl sites for hydroxylation is 1. The standard InChI is InChI=1S/C14H20N4O/c1-4-8-15-9-13-17-18-14(19-13)16-12-7-5-6-10(2)11(12)3/h5-7,15H,4,8-9H2,1-3H3,(H,16,18). The van der Waals surface area contributed by atoms with E-state index in [-0.39, 0.29) is 0 Å². The second-order valence-electron chi connectivity index (χ2n) is 4.55. The van der Waals surface area contributed by atoms with Crippen LogP contribution >= 0.6 is 0 Å². The van der Waals surface area contributed by atoms with Crippen LogP contribution in [0.15, 0.2) is 22.6 Å².